The molecule has 1 rings (SSSR count). The first-order valence-corrected chi connectivity index (χ1v) is 6.54. The van der Waals surface area contributed by atoms with Gasteiger partial charge in [0.05, 0.1) is 5.92 Å². The first kappa shape index (κ1) is 16.0. The topological polar surface area (TPSA) is 57.6 Å². The van der Waals surface area contributed by atoms with Crippen LogP contribution in [0.5, 0.6) is 0 Å². The van der Waals surface area contributed by atoms with Crippen LogP contribution in [-0.2, 0) is 4.79 Å². The summed E-state index contributed by atoms with van der Waals surface area (Å²) >= 11 is 0. The number of anilines is 1. The highest BCUT2D eigenvalue weighted by molar-refractivity contribution is 5.94. The molecule has 0 spiro atoms. The van der Waals surface area contributed by atoms with E-state index in [1.54, 1.807) is 19.1 Å². The average molecular weight is 275 g/mol. The van der Waals surface area contributed by atoms with Crippen LogP contribution in [0.2, 0.25) is 0 Å². The van der Waals surface area contributed by atoms with E-state index in [2.05, 4.69) is 6.58 Å². The zero-order chi connectivity index (χ0) is 15.3. The minimum atomic E-state index is -0.822. The molecule has 0 aromatic heterocycles. The number of aliphatic carboxylic acids is 1. The number of Topliss-reactive ketones (excluding diaryl/α,β-unsaturated/α-hetero) is 1. The van der Waals surface area contributed by atoms with Crippen LogP contribution in [0, 0.1) is 5.92 Å². The maximum absolute atomic E-state index is 11.3. The van der Waals surface area contributed by atoms with E-state index in [0.717, 1.165) is 11.3 Å². The zero-order valence-electron chi connectivity index (χ0n) is 12.2. The number of carboxylic acids is 1. The Labute approximate surface area is 119 Å². The number of hydrogen-bond acceptors (Lipinski definition) is 3. The van der Waals surface area contributed by atoms with Crippen molar-refractivity contribution in [2.24, 2.45) is 5.92 Å². The summed E-state index contributed by atoms with van der Waals surface area (Å²) in [6.45, 7) is 9.98. The van der Waals surface area contributed by atoms with Crippen molar-refractivity contribution < 1.29 is 14.7 Å². The van der Waals surface area contributed by atoms with E-state index in [4.69, 9.17) is 5.11 Å². The maximum atomic E-state index is 11.3. The van der Waals surface area contributed by atoms with Gasteiger partial charge in [0.25, 0.3) is 0 Å². The van der Waals surface area contributed by atoms with Crippen molar-refractivity contribution in [3.63, 3.8) is 0 Å². The molecule has 0 aliphatic heterocycles. The molecule has 0 amide bonds. The summed E-state index contributed by atoms with van der Waals surface area (Å²) in [5, 5.41) is 9.04. The Hall–Kier alpha value is -2.10. The highest BCUT2D eigenvalue weighted by Gasteiger charge is 2.16. The predicted octanol–water partition coefficient (Wildman–Crippen LogP) is 2.99. The molecule has 0 aliphatic rings. The van der Waals surface area contributed by atoms with Crippen molar-refractivity contribution in [3.8, 4) is 0 Å². The van der Waals surface area contributed by atoms with Crippen LogP contribution in [0.15, 0.2) is 36.4 Å². The Kier molecular flexibility index (Phi) is 5.50. The number of ketones is 1. The molecule has 0 bridgehead atoms. The molecule has 1 atom stereocenters. The van der Waals surface area contributed by atoms with Gasteiger partial charge in [-0.05, 0) is 38.1 Å². The highest BCUT2D eigenvalue weighted by atomic mass is 16.4. The molecule has 0 aliphatic carbocycles. The van der Waals surface area contributed by atoms with Gasteiger partial charge in [-0.25, -0.2) is 0 Å². The molecule has 108 valence electrons. The number of carboxylic acid groups (broad SMARTS) is 1. The van der Waals surface area contributed by atoms with Crippen LogP contribution >= 0.6 is 0 Å². The Morgan fingerprint density at radius 2 is 1.80 bits per heavy atom. The third kappa shape index (κ3) is 4.53. The molecule has 1 aromatic carbocycles. The third-order valence-corrected chi connectivity index (χ3v) is 3.02. The fraction of sp³-hybridized carbons (Fsp3) is 0.375. The van der Waals surface area contributed by atoms with Crippen molar-refractivity contribution in [3.05, 3.63) is 42.0 Å². The normalized spacial score (nSPS) is 11.8. The van der Waals surface area contributed by atoms with Gasteiger partial charge in [-0.1, -0.05) is 19.1 Å². The lowest BCUT2D eigenvalue weighted by Gasteiger charge is -2.27. The Balaban J connectivity index is 2.94. The number of nitrogens with zero attached hydrogens (tertiary/aromatic N) is 1. The van der Waals surface area contributed by atoms with Crippen LogP contribution in [0.25, 0.3) is 0 Å². The second-order valence-electron chi connectivity index (χ2n) is 5.18. The molecule has 1 unspecified atom stereocenters. The summed E-state index contributed by atoms with van der Waals surface area (Å²) in [6.07, 6.45) is 0. The Bertz CT molecular complexity index is 505. The van der Waals surface area contributed by atoms with Gasteiger partial charge in [0.2, 0.25) is 0 Å². The van der Waals surface area contributed by atoms with E-state index < -0.39 is 11.9 Å². The van der Waals surface area contributed by atoms with Crippen LogP contribution < -0.4 is 4.90 Å². The highest BCUT2D eigenvalue weighted by Crippen LogP contribution is 2.18. The average Bonchev–Trinajstić information content (AvgIpc) is 2.37. The number of carbonyl (C=O) groups excluding carboxylic acids is 1. The monoisotopic (exact) mass is 275 g/mol. The molecule has 1 aromatic rings. The number of benzene rings is 1. The van der Waals surface area contributed by atoms with Gasteiger partial charge >= 0.3 is 5.97 Å². The summed E-state index contributed by atoms with van der Waals surface area (Å²) in [6, 6.07) is 7.20. The van der Waals surface area contributed by atoms with Gasteiger partial charge in [-0.3, -0.25) is 9.59 Å². The van der Waals surface area contributed by atoms with Crippen molar-refractivity contribution in [2.45, 2.75) is 20.8 Å². The van der Waals surface area contributed by atoms with Crippen molar-refractivity contribution in [1.29, 1.82) is 0 Å². The van der Waals surface area contributed by atoms with E-state index >= 15 is 0 Å². The van der Waals surface area contributed by atoms with Crippen molar-refractivity contribution in [2.75, 3.05) is 18.0 Å². The largest absolute Gasteiger partial charge is 0.481 e. The number of rotatable bonds is 7. The zero-order valence-corrected chi connectivity index (χ0v) is 12.2. The number of hydrogen-bond donors (Lipinski definition) is 1. The lowest BCUT2D eigenvalue weighted by Crippen LogP contribution is -2.33. The SMILES string of the molecule is C=C(C)CN(CC(C)C(=O)O)c1ccc(C(C)=O)cc1. The first-order valence-electron chi connectivity index (χ1n) is 6.54. The van der Waals surface area contributed by atoms with Crippen LogP contribution in [0.1, 0.15) is 31.1 Å². The molecule has 20 heavy (non-hydrogen) atoms. The van der Waals surface area contributed by atoms with Crippen molar-refractivity contribution >= 4 is 17.4 Å². The van der Waals surface area contributed by atoms with Crippen LogP contribution in [-0.4, -0.2) is 29.9 Å². The molecular weight excluding hydrogens is 254 g/mol. The first-order chi connectivity index (χ1) is 9.31. The Morgan fingerprint density at radius 1 is 1.25 bits per heavy atom. The van der Waals surface area contributed by atoms with E-state index in [-0.39, 0.29) is 5.78 Å². The molecule has 0 radical (unpaired) electrons. The summed E-state index contributed by atoms with van der Waals surface area (Å²) in [4.78, 5) is 24.2. The third-order valence-electron chi connectivity index (χ3n) is 3.02. The fourth-order valence-corrected chi connectivity index (χ4v) is 1.90. The summed E-state index contributed by atoms with van der Waals surface area (Å²) in [7, 11) is 0. The van der Waals surface area contributed by atoms with E-state index in [1.807, 2.05) is 24.0 Å². The molecule has 4 heteroatoms. The molecule has 1 N–H and O–H groups in total. The van der Waals surface area contributed by atoms with Gasteiger partial charge in [0.15, 0.2) is 5.78 Å². The summed E-state index contributed by atoms with van der Waals surface area (Å²) < 4.78 is 0. The molecule has 0 heterocycles. The van der Waals surface area contributed by atoms with E-state index in [9.17, 15) is 9.59 Å². The van der Waals surface area contributed by atoms with Crippen LogP contribution in [0.3, 0.4) is 0 Å². The summed E-state index contributed by atoms with van der Waals surface area (Å²) in [5.41, 5.74) is 2.50. The Morgan fingerprint density at radius 3 is 2.20 bits per heavy atom. The lowest BCUT2D eigenvalue weighted by atomic mass is 10.1. The van der Waals surface area contributed by atoms with Crippen molar-refractivity contribution in [1.82, 2.24) is 0 Å². The van der Waals surface area contributed by atoms with Gasteiger partial charge in [-0.2, -0.15) is 0 Å². The number of carbonyl (C=O) groups is 2. The smallest absolute Gasteiger partial charge is 0.308 e. The van der Waals surface area contributed by atoms with Crippen LogP contribution in [0.4, 0.5) is 5.69 Å². The molecule has 0 saturated carbocycles. The van der Waals surface area contributed by atoms with Gasteiger partial charge < -0.3 is 10.0 Å². The van der Waals surface area contributed by atoms with E-state index in [1.165, 1.54) is 6.92 Å². The minimum absolute atomic E-state index is 0.0157. The minimum Gasteiger partial charge on any atom is -0.481 e. The quantitative estimate of drug-likeness (QED) is 0.614. The lowest BCUT2D eigenvalue weighted by molar-refractivity contribution is -0.140. The fourth-order valence-electron chi connectivity index (χ4n) is 1.90. The van der Waals surface area contributed by atoms with E-state index in [0.29, 0.717) is 18.7 Å². The molecular formula is C16H21NO3. The molecule has 0 saturated heterocycles. The van der Waals surface area contributed by atoms with Gasteiger partial charge in [-0.15, -0.1) is 0 Å². The summed E-state index contributed by atoms with van der Waals surface area (Å²) in [5.74, 6) is -1.28. The molecule has 4 nitrogen and oxygen atoms in total. The standard InChI is InChI=1S/C16H21NO3/c1-11(2)9-17(10-12(3)16(19)20)15-7-5-14(6-8-15)13(4)18/h5-8,12H,1,9-10H2,2-4H3,(H,19,20). The van der Waals surface area contributed by atoms with Gasteiger partial charge in [0, 0.05) is 24.3 Å². The molecule has 0 fully saturated rings. The second kappa shape index (κ2) is 6.89. The second-order valence-corrected chi connectivity index (χ2v) is 5.18. The maximum Gasteiger partial charge on any atom is 0.308 e. The predicted molar refractivity (Wildman–Crippen MR) is 80.3 cm³/mol. The van der Waals surface area contributed by atoms with Gasteiger partial charge in [0.1, 0.15) is 0 Å².